The van der Waals surface area contributed by atoms with Crippen LogP contribution >= 0.6 is 11.6 Å². The summed E-state index contributed by atoms with van der Waals surface area (Å²) in [6.45, 7) is 2.48. The number of pyridine rings is 1. The van der Waals surface area contributed by atoms with E-state index in [9.17, 15) is 15.0 Å². The van der Waals surface area contributed by atoms with Crippen LogP contribution < -0.4 is 4.74 Å². The number of carboxylic acids is 1. The van der Waals surface area contributed by atoms with Crippen LogP contribution in [0.1, 0.15) is 49.3 Å². The molecule has 1 aromatic heterocycles. The summed E-state index contributed by atoms with van der Waals surface area (Å²) < 4.78 is 5.33. The van der Waals surface area contributed by atoms with Crippen LogP contribution in [0.3, 0.4) is 0 Å². The van der Waals surface area contributed by atoms with Gasteiger partial charge in [0.15, 0.2) is 0 Å². The van der Waals surface area contributed by atoms with Crippen molar-refractivity contribution in [3.63, 3.8) is 0 Å². The van der Waals surface area contributed by atoms with Gasteiger partial charge in [-0.15, -0.1) is 0 Å². The van der Waals surface area contributed by atoms with E-state index < -0.39 is 17.5 Å². The van der Waals surface area contributed by atoms with E-state index in [2.05, 4.69) is 34.1 Å². The van der Waals surface area contributed by atoms with Gasteiger partial charge in [0.05, 0.1) is 29.2 Å². The Morgan fingerprint density at radius 1 is 1.20 bits per heavy atom. The number of aromatic nitrogens is 1. The number of piperidine rings is 1. The fourth-order valence-corrected chi connectivity index (χ4v) is 5.39. The number of hydrogen-bond acceptors (Lipinski definition) is 5. The number of aliphatic carboxylic acids is 1. The summed E-state index contributed by atoms with van der Waals surface area (Å²) in [5.41, 5.74) is 1.79. The second-order valence-electron chi connectivity index (χ2n) is 9.47. The predicted octanol–water partition coefficient (Wildman–Crippen LogP) is 5.51. The summed E-state index contributed by atoms with van der Waals surface area (Å²) in [6, 6.07) is 15.9. The number of benzene rings is 2. The van der Waals surface area contributed by atoms with Crippen molar-refractivity contribution in [2.45, 2.75) is 44.6 Å². The minimum absolute atomic E-state index is 0.316. The maximum atomic E-state index is 12.3. The second-order valence-corrected chi connectivity index (χ2v) is 9.88. The molecular formula is C28H33ClN2O4. The molecule has 186 valence electrons. The Labute approximate surface area is 211 Å². The Balaban J connectivity index is 1.38. The fraction of sp³-hybridized carbons (Fsp3) is 0.429. The lowest BCUT2D eigenvalue weighted by molar-refractivity contribution is -0.153. The molecule has 1 saturated heterocycles. The zero-order valence-electron chi connectivity index (χ0n) is 20.1. The molecule has 1 aliphatic rings. The van der Waals surface area contributed by atoms with Crippen LogP contribution in [-0.4, -0.2) is 52.8 Å². The highest BCUT2D eigenvalue weighted by Gasteiger charge is 2.41. The Hall–Kier alpha value is -2.67. The SMILES string of the molecule is COc1ccc2ncc(Cl)c(C(O)CCC3(C(=O)O)CCN(CCCc4ccccc4)CC3)c2c1. The molecule has 6 nitrogen and oxygen atoms in total. The summed E-state index contributed by atoms with van der Waals surface area (Å²) in [4.78, 5) is 19.0. The summed E-state index contributed by atoms with van der Waals surface area (Å²) in [6.07, 6.45) is 4.61. The second kappa shape index (κ2) is 11.4. The van der Waals surface area contributed by atoms with Gasteiger partial charge in [-0.3, -0.25) is 9.78 Å². The van der Waals surface area contributed by atoms with Gasteiger partial charge in [-0.05, 0) is 81.9 Å². The minimum atomic E-state index is -0.889. The van der Waals surface area contributed by atoms with Crippen molar-refractivity contribution in [2.24, 2.45) is 5.41 Å². The third-order valence-corrected chi connectivity index (χ3v) is 7.65. The number of methoxy groups -OCH3 is 1. The van der Waals surface area contributed by atoms with E-state index in [4.69, 9.17) is 16.3 Å². The van der Waals surface area contributed by atoms with Gasteiger partial charge in [-0.2, -0.15) is 0 Å². The zero-order valence-corrected chi connectivity index (χ0v) is 20.9. The molecular weight excluding hydrogens is 464 g/mol. The van der Waals surface area contributed by atoms with Crippen LogP contribution in [0.15, 0.2) is 54.7 Å². The number of carbonyl (C=O) groups is 1. The molecule has 35 heavy (non-hydrogen) atoms. The fourth-order valence-electron chi connectivity index (χ4n) is 5.12. The number of aliphatic hydroxyl groups excluding tert-OH is 1. The number of ether oxygens (including phenoxy) is 1. The third-order valence-electron chi connectivity index (χ3n) is 7.35. The first-order valence-corrected chi connectivity index (χ1v) is 12.6. The largest absolute Gasteiger partial charge is 0.497 e. The lowest BCUT2D eigenvalue weighted by Gasteiger charge is -2.39. The van der Waals surface area contributed by atoms with Crippen molar-refractivity contribution in [1.29, 1.82) is 0 Å². The molecule has 1 fully saturated rings. The molecule has 0 spiro atoms. The highest BCUT2D eigenvalue weighted by Crippen LogP contribution is 2.41. The average molecular weight is 497 g/mol. The molecule has 3 aromatic rings. The van der Waals surface area contributed by atoms with E-state index in [1.54, 1.807) is 7.11 Å². The van der Waals surface area contributed by atoms with Crippen molar-refractivity contribution in [3.8, 4) is 5.75 Å². The Morgan fingerprint density at radius 2 is 1.94 bits per heavy atom. The van der Waals surface area contributed by atoms with Gasteiger partial charge in [0, 0.05) is 17.1 Å². The van der Waals surface area contributed by atoms with E-state index in [0.29, 0.717) is 47.5 Å². The normalized spacial score (nSPS) is 16.8. The van der Waals surface area contributed by atoms with Crippen LogP contribution in [-0.2, 0) is 11.2 Å². The molecule has 0 amide bonds. The van der Waals surface area contributed by atoms with Crippen LogP contribution in [0.5, 0.6) is 5.75 Å². The molecule has 4 rings (SSSR count). The number of halogens is 1. The van der Waals surface area contributed by atoms with Crippen molar-refractivity contribution in [2.75, 3.05) is 26.7 Å². The number of carboxylic acid groups (broad SMARTS) is 1. The van der Waals surface area contributed by atoms with E-state index >= 15 is 0 Å². The van der Waals surface area contributed by atoms with Gasteiger partial charge < -0.3 is 19.8 Å². The lowest BCUT2D eigenvalue weighted by atomic mass is 9.74. The molecule has 7 heteroatoms. The Bertz CT molecular complexity index is 1150. The van der Waals surface area contributed by atoms with Crippen LogP contribution in [0, 0.1) is 5.41 Å². The summed E-state index contributed by atoms with van der Waals surface area (Å²) in [5, 5.41) is 22.3. The van der Waals surface area contributed by atoms with Gasteiger partial charge >= 0.3 is 5.97 Å². The number of fused-ring (bicyclic) bond motifs is 1. The molecule has 1 atom stereocenters. The molecule has 0 bridgehead atoms. The number of aryl methyl sites for hydroxylation is 1. The summed E-state index contributed by atoms with van der Waals surface area (Å²) in [5.74, 6) is -0.127. The van der Waals surface area contributed by atoms with Gasteiger partial charge in [0.25, 0.3) is 0 Å². The molecule has 2 N–H and O–H groups in total. The zero-order chi connectivity index (χ0) is 24.8. The molecule has 0 saturated carbocycles. The van der Waals surface area contributed by atoms with Gasteiger partial charge in [-0.25, -0.2) is 0 Å². The first kappa shape index (κ1) is 25.4. The van der Waals surface area contributed by atoms with E-state index in [1.807, 2.05) is 24.3 Å². The quantitative estimate of drug-likeness (QED) is 0.385. The van der Waals surface area contributed by atoms with E-state index in [0.717, 1.165) is 37.9 Å². The van der Waals surface area contributed by atoms with Crippen LogP contribution in [0.25, 0.3) is 10.9 Å². The van der Waals surface area contributed by atoms with Crippen LogP contribution in [0.4, 0.5) is 0 Å². The lowest BCUT2D eigenvalue weighted by Crippen LogP contribution is -2.44. The first-order valence-electron chi connectivity index (χ1n) is 12.2. The molecule has 2 heterocycles. The Kier molecular flexibility index (Phi) is 8.26. The predicted molar refractivity (Wildman–Crippen MR) is 138 cm³/mol. The maximum Gasteiger partial charge on any atom is 0.309 e. The van der Waals surface area contributed by atoms with E-state index in [-0.39, 0.29) is 0 Å². The number of hydrogen-bond donors (Lipinski definition) is 2. The topological polar surface area (TPSA) is 82.9 Å². The van der Waals surface area contributed by atoms with Gasteiger partial charge in [0.2, 0.25) is 0 Å². The third kappa shape index (κ3) is 5.95. The number of rotatable bonds is 10. The minimum Gasteiger partial charge on any atom is -0.497 e. The highest BCUT2D eigenvalue weighted by molar-refractivity contribution is 6.32. The van der Waals surface area contributed by atoms with Gasteiger partial charge in [0.1, 0.15) is 5.75 Å². The molecule has 0 radical (unpaired) electrons. The van der Waals surface area contributed by atoms with Crippen molar-refractivity contribution in [3.05, 3.63) is 70.9 Å². The van der Waals surface area contributed by atoms with Crippen LogP contribution in [0.2, 0.25) is 5.02 Å². The van der Waals surface area contributed by atoms with E-state index in [1.165, 1.54) is 11.8 Å². The van der Waals surface area contributed by atoms with Crippen molar-refractivity contribution < 1.29 is 19.7 Å². The number of aliphatic hydroxyl groups is 1. The monoisotopic (exact) mass is 496 g/mol. The first-order chi connectivity index (χ1) is 16.9. The standard InChI is InChI=1S/C28H33ClN2O4/c1-35-21-9-10-24-22(18-21)26(23(29)19-30-24)25(32)11-12-28(27(33)34)13-16-31(17-14-28)15-5-8-20-6-3-2-4-7-20/h2-4,6-7,9-10,18-19,25,32H,5,8,11-17H2,1H3,(H,33,34). The summed E-state index contributed by atoms with van der Waals surface area (Å²) >= 11 is 6.44. The molecule has 1 unspecified atom stereocenters. The van der Waals surface area contributed by atoms with Crippen molar-refractivity contribution >= 4 is 28.5 Å². The molecule has 2 aromatic carbocycles. The molecule has 0 aliphatic carbocycles. The summed E-state index contributed by atoms with van der Waals surface area (Å²) in [7, 11) is 1.58. The number of likely N-dealkylation sites (tertiary alicyclic amines) is 1. The molecule has 1 aliphatic heterocycles. The highest BCUT2D eigenvalue weighted by atomic mass is 35.5. The smallest absolute Gasteiger partial charge is 0.309 e. The maximum absolute atomic E-state index is 12.3. The Morgan fingerprint density at radius 3 is 2.63 bits per heavy atom. The number of nitrogens with zero attached hydrogens (tertiary/aromatic N) is 2. The van der Waals surface area contributed by atoms with Gasteiger partial charge in [-0.1, -0.05) is 41.9 Å². The van der Waals surface area contributed by atoms with Crippen molar-refractivity contribution in [1.82, 2.24) is 9.88 Å². The average Bonchev–Trinajstić information content (AvgIpc) is 2.88.